The number of hydrogen-bond acceptors (Lipinski definition) is 4. The highest BCUT2D eigenvalue weighted by Crippen LogP contribution is 2.26. The summed E-state index contributed by atoms with van der Waals surface area (Å²) in [5.74, 6) is -0.0423. The molecule has 0 radical (unpaired) electrons. The van der Waals surface area contributed by atoms with Crippen LogP contribution < -0.4 is 10.3 Å². The van der Waals surface area contributed by atoms with E-state index < -0.39 is 0 Å². The summed E-state index contributed by atoms with van der Waals surface area (Å²) in [6.07, 6.45) is 3.59. The second-order valence-corrected chi connectivity index (χ2v) is 6.67. The van der Waals surface area contributed by atoms with Crippen molar-refractivity contribution in [3.8, 4) is 5.75 Å². The molecule has 27 heavy (non-hydrogen) atoms. The Balaban J connectivity index is 1.46. The first-order valence-electron chi connectivity index (χ1n) is 9.08. The predicted molar refractivity (Wildman–Crippen MR) is 108 cm³/mol. The molecule has 0 bridgehead atoms. The molecule has 0 aromatic heterocycles. The van der Waals surface area contributed by atoms with Gasteiger partial charge in [0, 0.05) is 17.8 Å². The molecule has 0 aliphatic carbocycles. The molecule has 0 unspecified atom stereocenters. The van der Waals surface area contributed by atoms with Gasteiger partial charge >= 0.3 is 0 Å². The van der Waals surface area contributed by atoms with Gasteiger partial charge in [0.05, 0.1) is 12.8 Å². The fraction of sp³-hybridized carbons (Fsp3) is 0.182. The number of nitrogens with one attached hydrogen (secondary N) is 1. The Morgan fingerprint density at radius 1 is 1.11 bits per heavy atom. The Morgan fingerprint density at radius 2 is 1.93 bits per heavy atom. The van der Waals surface area contributed by atoms with Gasteiger partial charge in [-0.05, 0) is 41.3 Å². The molecule has 1 amide bonds. The molecule has 136 valence electrons. The van der Waals surface area contributed by atoms with Gasteiger partial charge in [0.25, 0.3) is 5.91 Å². The number of amides is 1. The molecule has 1 aliphatic rings. The van der Waals surface area contributed by atoms with Gasteiger partial charge in [0.2, 0.25) is 0 Å². The van der Waals surface area contributed by atoms with Crippen molar-refractivity contribution in [2.45, 2.75) is 12.8 Å². The number of hydrazone groups is 1. The van der Waals surface area contributed by atoms with Crippen molar-refractivity contribution in [1.29, 1.82) is 0 Å². The number of phenolic OH excluding ortho intramolecular Hbond substituents is 1. The molecule has 3 aromatic rings. The van der Waals surface area contributed by atoms with E-state index in [9.17, 15) is 9.90 Å². The van der Waals surface area contributed by atoms with E-state index in [2.05, 4.69) is 27.6 Å². The number of phenols is 1. The minimum Gasteiger partial charge on any atom is -0.507 e. The Hall–Kier alpha value is -3.34. The van der Waals surface area contributed by atoms with E-state index in [0.717, 1.165) is 35.8 Å². The summed E-state index contributed by atoms with van der Waals surface area (Å²) in [6, 6.07) is 19.4. The third kappa shape index (κ3) is 3.62. The van der Waals surface area contributed by atoms with Crippen LogP contribution in [0.15, 0.2) is 65.8 Å². The largest absolute Gasteiger partial charge is 0.507 e. The number of aromatic hydroxyl groups is 1. The molecule has 5 nitrogen and oxygen atoms in total. The van der Waals surface area contributed by atoms with Crippen LogP contribution >= 0.6 is 0 Å². The number of aryl methyl sites for hydroxylation is 1. The molecule has 0 fully saturated rings. The predicted octanol–water partition coefficient (Wildman–Crippen LogP) is 3.45. The van der Waals surface area contributed by atoms with Gasteiger partial charge in [-0.15, -0.1) is 0 Å². The van der Waals surface area contributed by atoms with Crippen LogP contribution in [-0.2, 0) is 11.2 Å². The lowest BCUT2D eigenvalue weighted by atomic mass is 10.0. The number of hydrogen-bond donors (Lipinski definition) is 2. The van der Waals surface area contributed by atoms with E-state index in [4.69, 9.17) is 0 Å². The van der Waals surface area contributed by atoms with Crippen LogP contribution in [0.4, 0.5) is 5.69 Å². The highest BCUT2D eigenvalue weighted by Gasteiger charge is 2.18. The van der Waals surface area contributed by atoms with Crippen LogP contribution in [0.25, 0.3) is 10.8 Å². The molecular formula is C22H21N3O2. The molecule has 2 N–H and O–H groups in total. The van der Waals surface area contributed by atoms with Gasteiger partial charge in [-0.2, -0.15) is 5.10 Å². The van der Waals surface area contributed by atoms with Gasteiger partial charge < -0.3 is 10.0 Å². The molecule has 0 saturated heterocycles. The van der Waals surface area contributed by atoms with Crippen LogP contribution in [0.3, 0.4) is 0 Å². The number of carbonyl (C=O) groups excluding carboxylic acids is 1. The number of benzene rings is 3. The molecule has 5 heteroatoms. The average Bonchev–Trinajstić information content (AvgIpc) is 2.70. The van der Waals surface area contributed by atoms with Crippen molar-refractivity contribution in [1.82, 2.24) is 5.43 Å². The fourth-order valence-electron chi connectivity index (χ4n) is 3.57. The Bertz CT molecular complexity index is 1010. The van der Waals surface area contributed by atoms with Crippen LogP contribution in [0.5, 0.6) is 5.75 Å². The number of anilines is 1. The molecule has 0 spiro atoms. The zero-order valence-electron chi connectivity index (χ0n) is 14.9. The van der Waals surface area contributed by atoms with E-state index in [-0.39, 0.29) is 18.2 Å². The maximum atomic E-state index is 12.3. The lowest BCUT2D eigenvalue weighted by molar-refractivity contribution is -0.119. The monoisotopic (exact) mass is 359 g/mol. The van der Waals surface area contributed by atoms with E-state index >= 15 is 0 Å². The standard InChI is InChI=1S/C22H21N3O2/c26-21-12-11-16-6-1-3-9-18(16)19(21)14-23-24-22(27)15-25-13-5-8-17-7-2-4-10-20(17)25/h1-4,6-7,9-12,14,26H,5,8,13,15H2,(H,24,27)/b23-14+. The normalized spacial score (nSPS) is 13.7. The summed E-state index contributed by atoms with van der Waals surface area (Å²) >= 11 is 0. The first-order chi connectivity index (χ1) is 13.2. The number of para-hydroxylation sites is 1. The minimum atomic E-state index is -0.178. The zero-order valence-corrected chi connectivity index (χ0v) is 14.9. The van der Waals surface area contributed by atoms with Crippen LogP contribution in [-0.4, -0.2) is 30.3 Å². The summed E-state index contributed by atoms with van der Waals surface area (Å²) in [7, 11) is 0. The topological polar surface area (TPSA) is 64.9 Å². The van der Waals surface area contributed by atoms with Gasteiger partial charge in [-0.3, -0.25) is 4.79 Å². The Labute approximate surface area is 157 Å². The highest BCUT2D eigenvalue weighted by molar-refractivity contribution is 6.02. The summed E-state index contributed by atoms with van der Waals surface area (Å²) in [6.45, 7) is 1.12. The Kier molecular flexibility index (Phi) is 4.75. The van der Waals surface area contributed by atoms with Gasteiger partial charge in [-0.25, -0.2) is 5.43 Å². The number of carbonyl (C=O) groups is 1. The highest BCUT2D eigenvalue weighted by atomic mass is 16.3. The number of rotatable bonds is 4. The second-order valence-electron chi connectivity index (χ2n) is 6.67. The van der Waals surface area contributed by atoms with Gasteiger partial charge in [0.1, 0.15) is 5.75 Å². The number of nitrogens with zero attached hydrogens (tertiary/aromatic N) is 2. The van der Waals surface area contributed by atoms with Crippen molar-refractivity contribution < 1.29 is 9.90 Å². The molecule has 1 heterocycles. The van der Waals surface area contributed by atoms with E-state index in [0.29, 0.717) is 5.56 Å². The number of fused-ring (bicyclic) bond motifs is 2. The SMILES string of the molecule is O=C(CN1CCCc2ccccc21)N/N=C/c1c(O)ccc2ccccc12. The van der Waals surface area contributed by atoms with Gasteiger partial charge in [-0.1, -0.05) is 48.5 Å². The first kappa shape index (κ1) is 17.1. The minimum absolute atomic E-state index is 0.136. The molecule has 0 saturated carbocycles. The van der Waals surface area contributed by atoms with Gasteiger partial charge in [0.15, 0.2) is 0 Å². The van der Waals surface area contributed by atoms with Crippen molar-refractivity contribution in [2.75, 3.05) is 18.0 Å². The Morgan fingerprint density at radius 3 is 2.85 bits per heavy atom. The van der Waals surface area contributed by atoms with Crippen molar-refractivity contribution in [3.05, 3.63) is 71.8 Å². The molecular weight excluding hydrogens is 338 g/mol. The smallest absolute Gasteiger partial charge is 0.259 e. The fourth-order valence-corrected chi connectivity index (χ4v) is 3.57. The maximum absolute atomic E-state index is 12.3. The third-order valence-electron chi connectivity index (χ3n) is 4.87. The summed E-state index contributed by atoms with van der Waals surface area (Å²) in [5, 5.41) is 16.1. The lowest BCUT2D eigenvalue weighted by Crippen LogP contribution is -2.38. The van der Waals surface area contributed by atoms with Crippen molar-refractivity contribution in [3.63, 3.8) is 0 Å². The first-order valence-corrected chi connectivity index (χ1v) is 9.08. The van der Waals surface area contributed by atoms with Crippen molar-refractivity contribution in [2.24, 2.45) is 5.10 Å². The lowest BCUT2D eigenvalue weighted by Gasteiger charge is -2.30. The summed E-state index contributed by atoms with van der Waals surface area (Å²) < 4.78 is 0. The molecule has 1 aliphatic heterocycles. The molecule has 4 rings (SSSR count). The van der Waals surface area contributed by atoms with Crippen molar-refractivity contribution >= 4 is 28.6 Å². The zero-order chi connectivity index (χ0) is 18.6. The van der Waals surface area contributed by atoms with E-state index in [1.807, 2.05) is 42.5 Å². The average molecular weight is 359 g/mol. The summed E-state index contributed by atoms with van der Waals surface area (Å²) in [5.41, 5.74) is 5.57. The third-order valence-corrected chi connectivity index (χ3v) is 4.87. The van der Waals surface area contributed by atoms with Crippen LogP contribution in [0.2, 0.25) is 0 Å². The van der Waals surface area contributed by atoms with Crippen LogP contribution in [0.1, 0.15) is 17.5 Å². The summed E-state index contributed by atoms with van der Waals surface area (Å²) in [4.78, 5) is 14.4. The quantitative estimate of drug-likeness (QED) is 0.554. The molecule has 0 atom stereocenters. The van der Waals surface area contributed by atoms with Crippen LogP contribution in [0, 0.1) is 0 Å². The molecule has 3 aromatic carbocycles. The van der Waals surface area contributed by atoms with E-state index in [1.54, 1.807) is 6.07 Å². The second kappa shape index (κ2) is 7.50. The maximum Gasteiger partial charge on any atom is 0.259 e. The van der Waals surface area contributed by atoms with E-state index in [1.165, 1.54) is 11.8 Å².